The van der Waals surface area contributed by atoms with Crippen molar-refractivity contribution >= 4 is 34.9 Å². The monoisotopic (exact) mass is 466 g/mol. The number of methoxy groups -OCH3 is 1. The number of hydrogen-bond donors (Lipinski definition) is 4. The molecule has 0 aliphatic heterocycles. The van der Waals surface area contributed by atoms with Gasteiger partial charge in [0, 0.05) is 12.2 Å². The van der Waals surface area contributed by atoms with E-state index in [4.69, 9.17) is 10.5 Å². The number of nitrogens with zero attached hydrogens (tertiary/aromatic N) is 3. The minimum absolute atomic E-state index is 0.000542. The van der Waals surface area contributed by atoms with Crippen molar-refractivity contribution in [3.8, 4) is 5.75 Å². The van der Waals surface area contributed by atoms with Gasteiger partial charge in [-0.3, -0.25) is 14.7 Å². The number of hydrogen-bond acceptors (Lipinski definition) is 7. The lowest BCUT2D eigenvalue weighted by Gasteiger charge is -2.29. The minimum Gasteiger partial charge on any atom is -0.497 e. The van der Waals surface area contributed by atoms with Crippen molar-refractivity contribution in [2.45, 2.75) is 33.1 Å². The average Bonchev–Trinajstić information content (AvgIpc) is 3.26. The number of nitrogens with one attached hydrogen (secondary N) is 2. The Labute approximate surface area is 198 Å². The second kappa shape index (κ2) is 10.7. The second-order valence-corrected chi connectivity index (χ2v) is 8.47. The molecule has 0 fully saturated rings. The number of aromatic amines is 1. The summed E-state index contributed by atoms with van der Waals surface area (Å²) >= 11 is 0. The molecule has 1 amide bonds. The van der Waals surface area contributed by atoms with Gasteiger partial charge in [0.2, 0.25) is 11.8 Å². The highest BCUT2D eigenvalue weighted by molar-refractivity contribution is 5.89. The summed E-state index contributed by atoms with van der Waals surface area (Å²) in [5.41, 5.74) is 8.60. The molecule has 3 aromatic rings. The van der Waals surface area contributed by atoms with E-state index in [-0.39, 0.29) is 24.1 Å². The molecule has 3 rings (SSSR count). The van der Waals surface area contributed by atoms with E-state index in [0.29, 0.717) is 18.2 Å². The van der Waals surface area contributed by atoms with Gasteiger partial charge in [0.25, 0.3) is 5.91 Å². The van der Waals surface area contributed by atoms with E-state index >= 15 is 0 Å². The molecule has 0 aliphatic carbocycles. The van der Waals surface area contributed by atoms with E-state index in [1.54, 1.807) is 7.11 Å². The molecule has 1 aromatic heterocycles. The zero-order valence-corrected chi connectivity index (χ0v) is 19.7. The van der Waals surface area contributed by atoms with Crippen molar-refractivity contribution < 1.29 is 19.4 Å². The molecule has 1 atom stereocenters. The molecular weight excluding hydrogens is 436 g/mol. The molecular formula is C24H30N6O4. The summed E-state index contributed by atoms with van der Waals surface area (Å²) < 4.78 is 5.30. The molecule has 5 N–H and O–H groups in total. The first-order valence-electron chi connectivity index (χ1n) is 10.9. The van der Waals surface area contributed by atoms with Crippen LogP contribution in [-0.2, 0) is 4.79 Å². The van der Waals surface area contributed by atoms with Gasteiger partial charge >= 0.3 is 5.97 Å². The molecule has 0 radical (unpaired) electrons. The van der Waals surface area contributed by atoms with Crippen LogP contribution in [0.1, 0.15) is 49.3 Å². The van der Waals surface area contributed by atoms with Gasteiger partial charge in [-0.1, -0.05) is 26.8 Å². The van der Waals surface area contributed by atoms with Crippen LogP contribution in [0.25, 0.3) is 0 Å². The molecule has 0 saturated carbocycles. The third kappa shape index (κ3) is 6.03. The Balaban J connectivity index is 2.08. The van der Waals surface area contributed by atoms with Crippen LogP contribution < -0.4 is 20.7 Å². The minimum atomic E-state index is -0.870. The van der Waals surface area contributed by atoms with Crippen LogP contribution in [0.3, 0.4) is 0 Å². The summed E-state index contributed by atoms with van der Waals surface area (Å²) in [6.45, 7) is 6.83. The third-order valence-corrected chi connectivity index (χ3v) is 5.26. The summed E-state index contributed by atoms with van der Waals surface area (Å²) in [5.74, 6) is -0.587. The maximum atomic E-state index is 11.4. The fourth-order valence-corrected chi connectivity index (χ4v) is 3.59. The SMILES string of the molecule is COc1ccc(N(CC(C)C)c2ccc([C@H](C)CC(=O)O)cc2Nc2n[nH]c(C(N)=O)n2)cc1. The number of ether oxygens (including phenoxy) is 1. The maximum Gasteiger partial charge on any atom is 0.303 e. The van der Waals surface area contributed by atoms with Crippen molar-refractivity contribution in [3.63, 3.8) is 0 Å². The second-order valence-electron chi connectivity index (χ2n) is 8.47. The van der Waals surface area contributed by atoms with E-state index in [2.05, 4.69) is 39.2 Å². The maximum absolute atomic E-state index is 11.4. The van der Waals surface area contributed by atoms with Gasteiger partial charge in [-0.25, -0.2) is 0 Å². The van der Waals surface area contributed by atoms with Gasteiger partial charge < -0.3 is 25.8 Å². The molecule has 10 heteroatoms. The molecule has 34 heavy (non-hydrogen) atoms. The highest BCUT2D eigenvalue weighted by Gasteiger charge is 2.20. The highest BCUT2D eigenvalue weighted by atomic mass is 16.5. The first kappa shape index (κ1) is 24.6. The molecule has 0 saturated heterocycles. The lowest BCUT2D eigenvalue weighted by Crippen LogP contribution is -2.23. The number of rotatable bonds is 11. The fraction of sp³-hybridized carbons (Fsp3) is 0.333. The lowest BCUT2D eigenvalue weighted by molar-refractivity contribution is -0.137. The smallest absolute Gasteiger partial charge is 0.303 e. The number of nitrogens with two attached hydrogens (primary N) is 1. The Morgan fingerprint density at radius 1 is 1.18 bits per heavy atom. The quantitative estimate of drug-likeness (QED) is 0.331. The van der Waals surface area contributed by atoms with Crippen molar-refractivity contribution in [1.82, 2.24) is 15.2 Å². The van der Waals surface area contributed by atoms with Crippen LogP contribution in [0, 0.1) is 5.92 Å². The van der Waals surface area contributed by atoms with Crippen LogP contribution in [0.5, 0.6) is 5.75 Å². The topological polar surface area (TPSA) is 146 Å². The van der Waals surface area contributed by atoms with Crippen molar-refractivity contribution in [3.05, 3.63) is 53.9 Å². The van der Waals surface area contributed by atoms with Gasteiger partial charge in [-0.2, -0.15) is 4.98 Å². The molecule has 0 aliphatic rings. The summed E-state index contributed by atoms with van der Waals surface area (Å²) in [6.07, 6.45) is -0.000542. The molecule has 0 unspecified atom stereocenters. The van der Waals surface area contributed by atoms with Crippen LogP contribution in [0.4, 0.5) is 23.0 Å². The van der Waals surface area contributed by atoms with E-state index in [1.165, 1.54) is 0 Å². The van der Waals surface area contributed by atoms with Gasteiger partial charge in [0.1, 0.15) is 5.75 Å². The number of aliphatic carboxylic acids is 1. The Hall–Kier alpha value is -4.08. The number of anilines is 4. The number of carboxylic acids is 1. The zero-order chi connectivity index (χ0) is 24.8. The number of primary amides is 1. The van der Waals surface area contributed by atoms with Crippen LogP contribution in [0.2, 0.25) is 0 Å². The van der Waals surface area contributed by atoms with Gasteiger partial charge in [0.15, 0.2) is 0 Å². The summed E-state index contributed by atoms with van der Waals surface area (Å²) in [7, 11) is 1.62. The Kier molecular flexibility index (Phi) is 7.72. The molecule has 1 heterocycles. The average molecular weight is 467 g/mol. The number of aromatic nitrogens is 3. The first-order valence-corrected chi connectivity index (χ1v) is 10.9. The molecule has 180 valence electrons. The lowest BCUT2D eigenvalue weighted by atomic mass is 9.96. The summed E-state index contributed by atoms with van der Waals surface area (Å²) in [4.78, 5) is 28.9. The van der Waals surface area contributed by atoms with Gasteiger partial charge in [-0.15, -0.1) is 5.10 Å². The number of benzene rings is 2. The highest BCUT2D eigenvalue weighted by Crippen LogP contribution is 2.37. The predicted octanol–water partition coefficient (Wildman–Crippen LogP) is 4.03. The standard InChI is InChI=1S/C24H30N6O4/c1-14(2)13-30(17-6-8-18(34-4)9-7-17)20-10-5-16(15(3)11-21(31)32)12-19(20)26-24-27-23(22(25)33)28-29-24/h5-10,12,14-15H,11,13H2,1-4H3,(H2,25,33)(H,31,32)(H2,26,27,28,29)/t15-/m1/s1. The van der Waals surface area contributed by atoms with Gasteiger partial charge in [0.05, 0.1) is 24.9 Å². The molecule has 2 aromatic carbocycles. The number of H-pyrrole nitrogens is 1. The fourth-order valence-electron chi connectivity index (χ4n) is 3.59. The van der Waals surface area contributed by atoms with E-state index < -0.39 is 11.9 Å². The number of carbonyl (C=O) groups excluding carboxylic acids is 1. The normalized spacial score (nSPS) is 11.8. The Morgan fingerprint density at radius 2 is 1.88 bits per heavy atom. The van der Waals surface area contributed by atoms with Gasteiger partial charge in [-0.05, 0) is 53.8 Å². The largest absolute Gasteiger partial charge is 0.497 e. The third-order valence-electron chi connectivity index (χ3n) is 5.26. The number of carbonyl (C=O) groups is 2. The molecule has 0 bridgehead atoms. The Bertz CT molecular complexity index is 1140. The van der Waals surface area contributed by atoms with Crippen LogP contribution in [-0.4, -0.2) is 45.8 Å². The predicted molar refractivity (Wildman–Crippen MR) is 130 cm³/mol. The molecule has 10 nitrogen and oxygen atoms in total. The van der Waals surface area contributed by atoms with Crippen molar-refractivity contribution in [2.75, 3.05) is 23.9 Å². The van der Waals surface area contributed by atoms with E-state index in [0.717, 1.165) is 22.7 Å². The summed E-state index contributed by atoms with van der Waals surface area (Å²) in [5, 5.41) is 18.9. The van der Waals surface area contributed by atoms with Crippen molar-refractivity contribution in [2.24, 2.45) is 11.7 Å². The Morgan fingerprint density at radius 3 is 2.44 bits per heavy atom. The van der Waals surface area contributed by atoms with Crippen molar-refractivity contribution in [1.29, 1.82) is 0 Å². The zero-order valence-electron chi connectivity index (χ0n) is 19.7. The molecule has 0 spiro atoms. The van der Waals surface area contributed by atoms with E-state index in [9.17, 15) is 14.7 Å². The summed E-state index contributed by atoms with van der Waals surface area (Å²) in [6, 6.07) is 13.5. The van der Waals surface area contributed by atoms with Crippen LogP contribution >= 0.6 is 0 Å². The number of amides is 1. The van der Waals surface area contributed by atoms with E-state index in [1.807, 2.05) is 49.4 Å². The first-order chi connectivity index (χ1) is 16.2. The number of carboxylic acid groups (broad SMARTS) is 1. The van der Waals surface area contributed by atoms with Crippen LogP contribution in [0.15, 0.2) is 42.5 Å².